The summed E-state index contributed by atoms with van der Waals surface area (Å²) in [6, 6.07) is 67.2. The molecule has 0 amide bonds. The molecule has 0 atom stereocenters. The Bertz CT molecular complexity index is 1620. The molecule has 3 heteroatoms. The summed E-state index contributed by atoms with van der Waals surface area (Å²) in [4.78, 5) is 8.26. The molecule has 0 aromatic heterocycles. The second-order valence-electron chi connectivity index (χ2n) is 14.7. The molecule has 49 heavy (non-hydrogen) atoms. The van der Waals surface area contributed by atoms with Crippen molar-refractivity contribution >= 4 is 34.1 Å². The van der Waals surface area contributed by atoms with Crippen molar-refractivity contribution in [3.8, 4) is 0 Å². The average molecular weight is 638 g/mol. The van der Waals surface area contributed by atoms with Crippen LogP contribution in [0.5, 0.6) is 0 Å². The Morgan fingerprint density at radius 2 is 0.469 bits per heavy atom. The number of nitrogens with zero attached hydrogens (tertiary/aromatic N) is 3. The van der Waals surface area contributed by atoms with Crippen molar-refractivity contribution in [2.45, 2.75) is 55.1 Å². The average Bonchev–Trinajstić information content (AvgIpc) is 3.14. The molecule has 10 rings (SSSR count). The number of para-hydroxylation sites is 6. The standard InChI is InChI=1S/C46H43N3/c1-7-19-38(20-8-1)47(39-21-9-2-10-22-39)44-31-37-32-45(34-44,48(40-23-11-3-12-24-40)41-25-13-4-14-26-41)36-46(33-37,35-44)49(42-27-15-5-16-28-42)43-29-17-6-18-30-43/h1-30,37H,31-36H2. The van der Waals surface area contributed by atoms with Crippen LogP contribution in [0.1, 0.15) is 38.5 Å². The lowest BCUT2D eigenvalue weighted by atomic mass is 9.45. The molecule has 0 unspecified atom stereocenters. The molecule has 242 valence electrons. The molecular formula is C46H43N3. The molecular weight excluding hydrogens is 595 g/mol. The van der Waals surface area contributed by atoms with E-state index in [2.05, 4.69) is 197 Å². The highest BCUT2D eigenvalue weighted by molar-refractivity contribution is 5.73. The molecule has 4 saturated carbocycles. The van der Waals surface area contributed by atoms with Crippen molar-refractivity contribution in [2.24, 2.45) is 5.92 Å². The van der Waals surface area contributed by atoms with Crippen LogP contribution in [0.4, 0.5) is 34.1 Å². The van der Waals surface area contributed by atoms with Crippen LogP contribution in [0.2, 0.25) is 0 Å². The van der Waals surface area contributed by atoms with Crippen molar-refractivity contribution in [1.29, 1.82) is 0 Å². The van der Waals surface area contributed by atoms with E-state index in [1.165, 1.54) is 53.4 Å². The fourth-order valence-corrected chi connectivity index (χ4v) is 10.6. The van der Waals surface area contributed by atoms with Gasteiger partial charge < -0.3 is 14.7 Å². The zero-order valence-electron chi connectivity index (χ0n) is 28.0. The van der Waals surface area contributed by atoms with Crippen LogP contribution in [-0.2, 0) is 0 Å². The number of hydrogen-bond acceptors (Lipinski definition) is 3. The topological polar surface area (TPSA) is 9.72 Å². The second-order valence-corrected chi connectivity index (χ2v) is 14.7. The Hall–Kier alpha value is -5.28. The van der Waals surface area contributed by atoms with E-state index in [0.29, 0.717) is 5.92 Å². The summed E-state index contributed by atoms with van der Waals surface area (Å²) in [6.45, 7) is 0. The lowest BCUT2D eigenvalue weighted by Gasteiger charge is -2.72. The highest BCUT2D eigenvalue weighted by Crippen LogP contribution is 2.68. The van der Waals surface area contributed by atoms with Gasteiger partial charge >= 0.3 is 0 Å². The molecule has 0 spiro atoms. The fourth-order valence-electron chi connectivity index (χ4n) is 10.6. The summed E-state index contributed by atoms with van der Waals surface area (Å²) in [7, 11) is 0. The van der Waals surface area contributed by atoms with Gasteiger partial charge in [0.1, 0.15) is 0 Å². The van der Waals surface area contributed by atoms with Crippen LogP contribution in [0.3, 0.4) is 0 Å². The molecule has 4 fully saturated rings. The van der Waals surface area contributed by atoms with Gasteiger partial charge in [0.2, 0.25) is 0 Å². The summed E-state index contributed by atoms with van der Waals surface area (Å²) in [5.41, 5.74) is 7.30. The van der Waals surface area contributed by atoms with E-state index >= 15 is 0 Å². The summed E-state index contributed by atoms with van der Waals surface area (Å²) in [6.07, 6.45) is 6.75. The maximum Gasteiger partial charge on any atom is 0.0499 e. The minimum atomic E-state index is -0.119. The van der Waals surface area contributed by atoms with Crippen molar-refractivity contribution < 1.29 is 0 Å². The van der Waals surface area contributed by atoms with Gasteiger partial charge in [-0.1, -0.05) is 109 Å². The van der Waals surface area contributed by atoms with Gasteiger partial charge in [0.25, 0.3) is 0 Å². The Balaban J connectivity index is 1.32. The zero-order chi connectivity index (χ0) is 32.7. The third-order valence-corrected chi connectivity index (χ3v) is 11.5. The lowest BCUT2D eigenvalue weighted by Crippen LogP contribution is -2.76. The molecule has 0 aliphatic heterocycles. The molecule has 0 N–H and O–H groups in total. The maximum absolute atomic E-state index is 2.75. The minimum absolute atomic E-state index is 0.119. The summed E-state index contributed by atoms with van der Waals surface area (Å²) < 4.78 is 0. The number of anilines is 6. The van der Waals surface area contributed by atoms with Gasteiger partial charge in [-0.2, -0.15) is 0 Å². The zero-order valence-corrected chi connectivity index (χ0v) is 28.0. The van der Waals surface area contributed by atoms with Gasteiger partial charge in [-0.15, -0.1) is 0 Å². The van der Waals surface area contributed by atoms with Crippen molar-refractivity contribution in [2.75, 3.05) is 14.7 Å². The molecule has 3 nitrogen and oxygen atoms in total. The number of rotatable bonds is 9. The van der Waals surface area contributed by atoms with E-state index in [-0.39, 0.29) is 16.6 Å². The van der Waals surface area contributed by atoms with E-state index in [9.17, 15) is 0 Å². The number of benzene rings is 6. The predicted molar refractivity (Wildman–Crippen MR) is 204 cm³/mol. The van der Waals surface area contributed by atoms with Crippen LogP contribution in [-0.4, -0.2) is 16.6 Å². The first-order valence-corrected chi connectivity index (χ1v) is 17.9. The van der Waals surface area contributed by atoms with Gasteiger partial charge in [0.15, 0.2) is 0 Å². The third kappa shape index (κ3) is 5.11. The van der Waals surface area contributed by atoms with Crippen molar-refractivity contribution in [3.63, 3.8) is 0 Å². The van der Waals surface area contributed by atoms with E-state index in [1.807, 2.05) is 0 Å². The van der Waals surface area contributed by atoms with E-state index in [1.54, 1.807) is 0 Å². The van der Waals surface area contributed by atoms with E-state index in [4.69, 9.17) is 0 Å². The molecule has 6 aromatic rings. The van der Waals surface area contributed by atoms with Crippen LogP contribution >= 0.6 is 0 Å². The quantitative estimate of drug-likeness (QED) is 0.156. The third-order valence-electron chi connectivity index (χ3n) is 11.5. The Morgan fingerprint density at radius 3 is 0.653 bits per heavy atom. The van der Waals surface area contributed by atoms with E-state index in [0.717, 1.165) is 19.3 Å². The first-order chi connectivity index (χ1) is 24.2. The lowest BCUT2D eigenvalue weighted by molar-refractivity contribution is -0.0327. The predicted octanol–water partition coefficient (Wildman–Crippen LogP) is 11.7. The van der Waals surface area contributed by atoms with Crippen molar-refractivity contribution in [1.82, 2.24) is 0 Å². The SMILES string of the molecule is c1ccc(N(c2ccccc2)C23CC4CC(N(c5ccccc5)c5ccccc5)(C2)CC(N(c2ccccc2)c2ccccc2)(C4)C3)cc1. The highest BCUT2D eigenvalue weighted by Gasteiger charge is 2.68. The Labute approximate surface area is 291 Å². The van der Waals surface area contributed by atoms with Crippen LogP contribution in [0.25, 0.3) is 0 Å². The fraction of sp³-hybridized carbons (Fsp3) is 0.217. The van der Waals surface area contributed by atoms with Gasteiger partial charge in [0, 0.05) is 50.7 Å². The van der Waals surface area contributed by atoms with Crippen LogP contribution in [0.15, 0.2) is 182 Å². The molecule has 4 aliphatic rings. The second kappa shape index (κ2) is 12.0. The van der Waals surface area contributed by atoms with Gasteiger partial charge in [-0.05, 0) is 117 Å². The first kappa shape index (κ1) is 29.8. The summed E-state index contributed by atoms with van der Waals surface area (Å²) in [5, 5.41) is 0. The Morgan fingerprint density at radius 1 is 0.286 bits per heavy atom. The van der Waals surface area contributed by atoms with Crippen molar-refractivity contribution in [3.05, 3.63) is 182 Å². The molecule has 4 bridgehead atoms. The largest absolute Gasteiger partial charge is 0.335 e. The van der Waals surface area contributed by atoms with Gasteiger partial charge in [-0.25, -0.2) is 0 Å². The normalized spacial score (nSPS) is 25.1. The molecule has 0 saturated heterocycles. The first-order valence-electron chi connectivity index (χ1n) is 17.9. The molecule has 4 aliphatic carbocycles. The maximum atomic E-state index is 2.75. The Kier molecular flexibility index (Phi) is 7.30. The molecule has 0 heterocycles. The monoisotopic (exact) mass is 637 g/mol. The number of hydrogen-bond donors (Lipinski definition) is 0. The van der Waals surface area contributed by atoms with Gasteiger partial charge in [-0.3, -0.25) is 0 Å². The summed E-state index contributed by atoms with van der Waals surface area (Å²) in [5.74, 6) is 0.552. The van der Waals surface area contributed by atoms with Crippen LogP contribution < -0.4 is 14.7 Å². The van der Waals surface area contributed by atoms with Gasteiger partial charge in [0.05, 0.1) is 0 Å². The highest BCUT2D eigenvalue weighted by atomic mass is 15.3. The molecule has 6 aromatic carbocycles. The summed E-state index contributed by atoms with van der Waals surface area (Å²) >= 11 is 0. The van der Waals surface area contributed by atoms with Crippen LogP contribution in [0, 0.1) is 5.92 Å². The van der Waals surface area contributed by atoms with E-state index < -0.39 is 0 Å². The molecule has 0 radical (unpaired) electrons. The smallest absolute Gasteiger partial charge is 0.0499 e. The minimum Gasteiger partial charge on any atom is -0.335 e.